The maximum absolute atomic E-state index is 11.5. The standard InChI is InChI=1S/C12H14ClNO/c1-9(15)11(8-14(2)3)10-6-4-5-7-12(10)13/h4-8H,1-3H3/b11-8-. The van der Waals surface area contributed by atoms with Crippen molar-refractivity contribution in [2.75, 3.05) is 14.1 Å². The smallest absolute Gasteiger partial charge is 0.161 e. The highest BCUT2D eigenvalue weighted by atomic mass is 35.5. The first-order valence-electron chi connectivity index (χ1n) is 4.66. The van der Waals surface area contributed by atoms with Gasteiger partial charge < -0.3 is 4.90 Å². The molecule has 0 N–H and O–H groups in total. The number of allylic oxidation sites excluding steroid dienone is 1. The summed E-state index contributed by atoms with van der Waals surface area (Å²) in [6.45, 7) is 1.54. The van der Waals surface area contributed by atoms with E-state index in [-0.39, 0.29) is 5.78 Å². The van der Waals surface area contributed by atoms with E-state index in [1.54, 1.807) is 19.2 Å². The normalized spacial score (nSPS) is 11.3. The van der Waals surface area contributed by atoms with Crippen LogP contribution >= 0.6 is 11.6 Å². The van der Waals surface area contributed by atoms with Gasteiger partial charge in [0.25, 0.3) is 0 Å². The molecule has 0 spiro atoms. The van der Waals surface area contributed by atoms with E-state index in [1.165, 1.54) is 0 Å². The van der Waals surface area contributed by atoms with E-state index in [0.717, 1.165) is 5.56 Å². The first-order valence-corrected chi connectivity index (χ1v) is 5.04. The highest BCUT2D eigenvalue weighted by molar-refractivity contribution is 6.34. The minimum absolute atomic E-state index is 0.0109. The number of carbonyl (C=O) groups is 1. The van der Waals surface area contributed by atoms with Gasteiger partial charge in [0.05, 0.1) is 0 Å². The number of nitrogens with zero attached hydrogens (tertiary/aromatic N) is 1. The van der Waals surface area contributed by atoms with Crippen molar-refractivity contribution in [3.63, 3.8) is 0 Å². The summed E-state index contributed by atoms with van der Waals surface area (Å²) in [5.41, 5.74) is 1.41. The number of halogens is 1. The summed E-state index contributed by atoms with van der Waals surface area (Å²) in [4.78, 5) is 13.3. The molecule has 0 bridgehead atoms. The summed E-state index contributed by atoms with van der Waals surface area (Å²) in [5.74, 6) is 0.0109. The van der Waals surface area contributed by atoms with Gasteiger partial charge in [-0.1, -0.05) is 29.8 Å². The van der Waals surface area contributed by atoms with E-state index in [4.69, 9.17) is 11.6 Å². The molecule has 2 nitrogen and oxygen atoms in total. The second kappa shape index (κ2) is 4.99. The molecule has 0 aliphatic carbocycles. The summed E-state index contributed by atoms with van der Waals surface area (Å²) in [6, 6.07) is 7.34. The molecule has 0 radical (unpaired) electrons. The van der Waals surface area contributed by atoms with E-state index in [9.17, 15) is 4.79 Å². The third-order valence-corrected chi connectivity index (χ3v) is 2.26. The van der Waals surface area contributed by atoms with E-state index in [0.29, 0.717) is 10.6 Å². The average molecular weight is 224 g/mol. The van der Waals surface area contributed by atoms with Crippen LogP contribution in [0.4, 0.5) is 0 Å². The number of rotatable bonds is 3. The van der Waals surface area contributed by atoms with Gasteiger partial charge in [-0.05, 0) is 13.0 Å². The molecule has 15 heavy (non-hydrogen) atoms. The predicted octanol–water partition coefficient (Wildman–Crippen LogP) is 2.83. The first-order chi connectivity index (χ1) is 7.02. The van der Waals surface area contributed by atoms with E-state index in [2.05, 4.69) is 0 Å². The Labute approximate surface area is 95.2 Å². The molecular formula is C12H14ClNO. The summed E-state index contributed by atoms with van der Waals surface area (Å²) >= 11 is 6.03. The Balaban J connectivity index is 3.23. The Bertz CT molecular complexity index is 396. The van der Waals surface area contributed by atoms with Gasteiger partial charge in [-0.15, -0.1) is 0 Å². The Morgan fingerprint density at radius 3 is 2.40 bits per heavy atom. The number of hydrogen-bond acceptors (Lipinski definition) is 2. The van der Waals surface area contributed by atoms with Crippen molar-refractivity contribution < 1.29 is 4.79 Å². The van der Waals surface area contributed by atoms with Crippen LogP contribution in [0.3, 0.4) is 0 Å². The lowest BCUT2D eigenvalue weighted by atomic mass is 10.0. The van der Waals surface area contributed by atoms with Crippen molar-refractivity contribution >= 4 is 23.0 Å². The SMILES string of the molecule is CC(=O)/C(=C/N(C)C)c1ccccc1Cl. The van der Waals surface area contributed by atoms with Crippen LogP contribution < -0.4 is 0 Å². The van der Waals surface area contributed by atoms with Crippen molar-refractivity contribution in [2.24, 2.45) is 0 Å². The molecule has 0 saturated carbocycles. The van der Waals surface area contributed by atoms with Crippen LogP contribution in [0, 0.1) is 0 Å². The topological polar surface area (TPSA) is 20.3 Å². The molecule has 3 heteroatoms. The molecule has 0 aromatic heterocycles. The van der Waals surface area contributed by atoms with Crippen LogP contribution in [0.15, 0.2) is 30.5 Å². The van der Waals surface area contributed by atoms with Crippen molar-refractivity contribution in [1.82, 2.24) is 4.90 Å². The largest absolute Gasteiger partial charge is 0.383 e. The van der Waals surface area contributed by atoms with Crippen molar-refractivity contribution in [3.05, 3.63) is 41.1 Å². The highest BCUT2D eigenvalue weighted by Crippen LogP contribution is 2.24. The zero-order valence-corrected chi connectivity index (χ0v) is 9.88. The van der Waals surface area contributed by atoms with Gasteiger partial charge in [-0.3, -0.25) is 4.79 Å². The maximum Gasteiger partial charge on any atom is 0.161 e. The average Bonchev–Trinajstić information content (AvgIpc) is 2.15. The zero-order valence-electron chi connectivity index (χ0n) is 9.12. The molecule has 80 valence electrons. The first kappa shape index (κ1) is 11.8. The zero-order chi connectivity index (χ0) is 11.4. The van der Waals surface area contributed by atoms with Crippen LogP contribution in [0.2, 0.25) is 5.02 Å². The summed E-state index contributed by atoms with van der Waals surface area (Å²) in [5, 5.41) is 0.598. The Morgan fingerprint density at radius 1 is 1.33 bits per heavy atom. The second-order valence-corrected chi connectivity index (χ2v) is 3.95. The molecule has 0 atom stereocenters. The Morgan fingerprint density at radius 2 is 1.93 bits per heavy atom. The minimum Gasteiger partial charge on any atom is -0.383 e. The van der Waals surface area contributed by atoms with Crippen molar-refractivity contribution in [3.8, 4) is 0 Å². The van der Waals surface area contributed by atoms with Gasteiger partial charge in [0.15, 0.2) is 5.78 Å². The molecule has 0 aliphatic heterocycles. The number of Topliss-reactive ketones (excluding diaryl/α,β-unsaturated/α-hetero) is 1. The third kappa shape index (κ3) is 3.10. The second-order valence-electron chi connectivity index (χ2n) is 3.54. The van der Waals surface area contributed by atoms with E-state index >= 15 is 0 Å². The van der Waals surface area contributed by atoms with Gasteiger partial charge in [0, 0.05) is 36.5 Å². The number of benzene rings is 1. The molecule has 0 saturated heterocycles. The number of ketones is 1. The summed E-state index contributed by atoms with van der Waals surface area (Å²) in [7, 11) is 3.75. The van der Waals surface area contributed by atoms with Crippen molar-refractivity contribution in [1.29, 1.82) is 0 Å². The molecule has 1 aromatic rings. The fraction of sp³-hybridized carbons (Fsp3) is 0.250. The third-order valence-electron chi connectivity index (χ3n) is 1.93. The van der Waals surface area contributed by atoms with Gasteiger partial charge in [-0.25, -0.2) is 0 Å². The summed E-state index contributed by atoms with van der Waals surface area (Å²) in [6.07, 6.45) is 1.78. The maximum atomic E-state index is 11.5. The fourth-order valence-electron chi connectivity index (χ4n) is 1.29. The molecular weight excluding hydrogens is 210 g/mol. The van der Waals surface area contributed by atoms with Crippen molar-refractivity contribution in [2.45, 2.75) is 6.92 Å². The molecule has 0 fully saturated rings. The van der Waals surface area contributed by atoms with Crippen LogP contribution in [0.1, 0.15) is 12.5 Å². The van der Waals surface area contributed by atoms with Crippen LogP contribution in [0.5, 0.6) is 0 Å². The lowest BCUT2D eigenvalue weighted by Gasteiger charge is -2.11. The quantitative estimate of drug-likeness (QED) is 0.735. The van der Waals surface area contributed by atoms with Crippen LogP contribution in [0.25, 0.3) is 5.57 Å². The lowest BCUT2D eigenvalue weighted by molar-refractivity contribution is -0.111. The van der Waals surface area contributed by atoms with E-state index in [1.807, 2.05) is 37.2 Å². The monoisotopic (exact) mass is 223 g/mol. The van der Waals surface area contributed by atoms with Gasteiger partial charge in [-0.2, -0.15) is 0 Å². The summed E-state index contributed by atoms with van der Waals surface area (Å²) < 4.78 is 0. The van der Waals surface area contributed by atoms with Gasteiger partial charge in [0.2, 0.25) is 0 Å². The molecule has 0 amide bonds. The predicted molar refractivity (Wildman–Crippen MR) is 63.8 cm³/mol. The van der Waals surface area contributed by atoms with Crippen LogP contribution in [-0.4, -0.2) is 24.8 Å². The minimum atomic E-state index is 0.0109. The number of hydrogen-bond donors (Lipinski definition) is 0. The highest BCUT2D eigenvalue weighted by Gasteiger charge is 2.10. The Kier molecular flexibility index (Phi) is 3.92. The molecule has 0 unspecified atom stereocenters. The van der Waals surface area contributed by atoms with Gasteiger partial charge >= 0.3 is 0 Å². The number of carbonyl (C=O) groups excluding carboxylic acids is 1. The van der Waals surface area contributed by atoms with Gasteiger partial charge in [0.1, 0.15) is 0 Å². The lowest BCUT2D eigenvalue weighted by Crippen LogP contribution is -2.06. The van der Waals surface area contributed by atoms with E-state index < -0.39 is 0 Å². The molecule has 1 aromatic carbocycles. The van der Waals surface area contributed by atoms with Crippen LogP contribution in [-0.2, 0) is 4.79 Å². The molecule has 1 rings (SSSR count). The molecule has 0 aliphatic rings. The fourth-order valence-corrected chi connectivity index (χ4v) is 1.53. The molecule has 0 heterocycles. The Hall–Kier alpha value is -1.28.